The van der Waals surface area contributed by atoms with Crippen molar-refractivity contribution < 1.29 is 14.4 Å². The SMILES string of the molecule is COC(=O)Cc1ccccc1CNOCc1ccccc1. The lowest BCUT2D eigenvalue weighted by atomic mass is 10.1. The van der Waals surface area contributed by atoms with Crippen molar-refractivity contribution >= 4 is 5.97 Å². The highest BCUT2D eigenvalue weighted by molar-refractivity contribution is 5.72. The van der Waals surface area contributed by atoms with Crippen LogP contribution in [0, 0.1) is 0 Å². The minimum Gasteiger partial charge on any atom is -0.469 e. The summed E-state index contributed by atoms with van der Waals surface area (Å²) < 4.78 is 4.70. The van der Waals surface area contributed by atoms with Gasteiger partial charge in [0.2, 0.25) is 0 Å². The van der Waals surface area contributed by atoms with E-state index in [9.17, 15) is 4.79 Å². The molecule has 0 aliphatic carbocycles. The number of hydroxylamine groups is 1. The molecule has 0 radical (unpaired) electrons. The summed E-state index contributed by atoms with van der Waals surface area (Å²) in [5, 5.41) is 0. The van der Waals surface area contributed by atoms with Gasteiger partial charge in [-0.05, 0) is 16.7 Å². The molecule has 2 rings (SSSR count). The monoisotopic (exact) mass is 285 g/mol. The maximum atomic E-state index is 11.4. The van der Waals surface area contributed by atoms with Crippen molar-refractivity contribution in [3.63, 3.8) is 0 Å². The summed E-state index contributed by atoms with van der Waals surface area (Å²) in [6.07, 6.45) is 0.271. The van der Waals surface area contributed by atoms with Gasteiger partial charge in [0.15, 0.2) is 0 Å². The van der Waals surface area contributed by atoms with Crippen molar-refractivity contribution in [3.05, 3.63) is 71.3 Å². The average Bonchev–Trinajstić information content (AvgIpc) is 2.54. The fraction of sp³-hybridized carbons (Fsp3) is 0.235. The summed E-state index contributed by atoms with van der Waals surface area (Å²) >= 11 is 0. The highest BCUT2D eigenvalue weighted by Crippen LogP contribution is 2.10. The van der Waals surface area contributed by atoms with E-state index in [0.717, 1.165) is 16.7 Å². The molecule has 0 aliphatic heterocycles. The van der Waals surface area contributed by atoms with Crippen LogP contribution in [0.25, 0.3) is 0 Å². The average molecular weight is 285 g/mol. The minimum absolute atomic E-state index is 0.243. The van der Waals surface area contributed by atoms with Crippen LogP contribution in [0.4, 0.5) is 0 Å². The van der Waals surface area contributed by atoms with Gasteiger partial charge in [-0.15, -0.1) is 0 Å². The Balaban J connectivity index is 1.84. The van der Waals surface area contributed by atoms with E-state index in [-0.39, 0.29) is 12.4 Å². The normalized spacial score (nSPS) is 10.3. The molecule has 0 spiro atoms. The second-order valence-electron chi connectivity index (χ2n) is 4.62. The van der Waals surface area contributed by atoms with Crippen LogP contribution in [0.15, 0.2) is 54.6 Å². The quantitative estimate of drug-likeness (QED) is 0.482. The standard InChI is InChI=1S/C17H19NO3/c1-20-17(19)11-15-9-5-6-10-16(15)12-18-21-13-14-7-3-2-4-8-14/h2-10,18H,11-13H2,1H3. The van der Waals surface area contributed by atoms with Crippen molar-refractivity contribution in [3.8, 4) is 0 Å². The van der Waals surface area contributed by atoms with Crippen LogP contribution in [-0.4, -0.2) is 13.1 Å². The van der Waals surface area contributed by atoms with Crippen molar-refractivity contribution in [2.45, 2.75) is 19.6 Å². The van der Waals surface area contributed by atoms with E-state index in [0.29, 0.717) is 13.2 Å². The molecule has 0 saturated heterocycles. The van der Waals surface area contributed by atoms with E-state index in [1.807, 2.05) is 54.6 Å². The number of carbonyl (C=O) groups is 1. The Morgan fingerprint density at radius 2 is 1.67 bits per heavy atom. The molecule has 4 heteroatoms. The van der Waals surface area contributed by atoms with Gasteiger partial charge in [-0.25, -0.2) is 0 Å². The third-order valence-corrected chi connectivity index (χ3v) is 3.13. The molecule has 4 nitrogen and oxygen atoms in total. The van der Waals surface area contributed by atoms with Crippen LogP contribution in [0.3, 0.4) is 0 Å². The lowest BCUT2D eigenvalue weighted by Crippen LogP contribution is -2.16. The molecule has 0 unspecified atom stereocenters. The zero-order valence-corrected chi connectivity index (χ0v) is 12.0. The number of nitrogens with one attached hydrogen (secondary N) is 1. The Morgan fingerprint density at radius 3 is 2.38 bits per heavy atom. The van der Waals surface area contributed by atoms with Gasteiger partial charge in [0.05, 0.1) is 20.1 Å². The molecule has 0 fully saturated rings. The van der Waals surface area contributed by atoms with Crippen molar-refractivity contribution in [1.29, 1.82) is 0 Å². The number of benzene rings is 2. The van der Waals surface area contributed by atoms with Gasteiger partial charge in [0.1, 0.15) is 0 Å². The zero-order chi connectivity index (χ0) is 14.9. The van der Waals surface area contributed by atoms with E-state index in [2.05, 4.69) is 5.48 Å². The number of esters is 1. The van der Waals surface area contributed by atoms with E-state index < -0.39 is 0 Å². The van der Waals surface area contributed by atoms with E-state index in [4.69, 9.17) is 9.57 Å². The zero-order valence-electron chi connectivity index (χ0n) is 12.0. The van der Waals surface area contributed by atoms with Crippen LogP contribution >= 0.6 is 0 Å². The number of hydrogen-bond donors (Lipinski definition) is 1. The second kappa shape index (κ2) is 8.19. The van der Waals surface area contributed by atoms with Crippen molar-refractivity contribution in [1.82, 2.24) is 5.48 Å². The first-order valence-corrected chi connectivity index (χ1v) is 6.82. The van der Waals surface area contributed by atoms with Crippen molar-refractivity contribution in [2.75, 3.05) is 7.11 Å². The molecule has 2 aromatic rings. The maximum Gasteiger partial charge on any atom is 0.309 e. The predicted octanol–water partition coefficient (Wildman–Crippen LogP) is 2.62. The van der Waals surface area contributed by atoms with Gasteiger partial charge < -0.3 is 4.74 Å². The Kier molecular flexibility index (Phi) is 5.94. The molecule has 1 N–H and O–H groups in total. The van der Waals surface area contributed by atoms with E-state index >= 15 is 0 Å². The third kappa shape index (κ3) is 5.02. The molecule has 110 valence electrons. The second-order valence-corrected chi connectivity index (χ2v) is 4.62. The van der Waals surface area contributed by atoms with E-state index in [1.54, 1.807) is 0 Å². The Morgan fingerprint density at radius 1 is 1.00 bits per heavy atom. The summed E-state index contributed by atoms with van der Waals surface area (Å²) in [5.74, 6) is -0.243. The third-order valence-electron chi connectivity index (χ3n) is 3.13. The Hall–Kier alpha value is -2.17. The summed E-state index contributed by atoms with van der Waals surface area (Å²) in [6.45, 7) is 1.04. The lowest BCUT2D eigenvalue weighted by Gasteiger charge is -2.10. The molecule has 21 heavy (non-hydrogen) atoms. The molecule has 0 bridgehead atoms. The highest BCUT2D eigenvalue weighted by atomic mass is 16.6. The minimum atomic E-state index is -0.243. The fourth-order valence-electron chi connectivity index (χ4n) is 1.97. The molecule has 0 aromatic heterocycles. The predicted molar refractivity (Wildman–Crippen MR) is 80.2 cm³/mol. The first kappa shape index (κ1) is 15.2. The molecular formula is C17H19NO3. The number of rotatable bonds is 7. The molecule has 0 amide bonds. The topological polar surface area (TPSA) is 47.6 Å². The molecule has 0 heterocycles. The molecule has 0 atom stereocenters. The summed E-state index contributed by atoms with van der Waals surface area (Å²) in [7, 11) is 1.40. The first-order valence-electron chi connectivity index (χ1n) is 6.82. The van der Waals surface area contributed by atoms with Crippen LogP contribution < -0.4 is 5.48 Å². The maximum absolute atomic E-state index is 11.4. The van der Waals surface area contributed by atoms with Gasteiger partial charge in [-0.1, -0.05) is 54.6 Å². The Labute approximate surface area is 124 Å². The van der Waals surface area contributed by atoms with Gasteiger partial charge in [-0.3, -0.25) is 9.63 Å². The fourth-order valence-corrected chi connectivity index (χ4v) is 1.97. The van der Waals surface area contributed by atoms with Crippen molar-refractivity contribution in [2.24, 2.45) is 0 Å². The van der Waals surface area contributed by atoms with Gasteiger partial charge in [0.25, 0.3) is 0 Å². The first-order chi connectivity index (χ1) is 10.3. The largest absolute Gasteiger partial charge is 0.469 e. The van der Waals surface area contributed by atoms with Crippen LogP contribution in [0.1, 0.15) is 16.7 Å². The highest BCUT2D eigenvalue weighted by Gasteiger charge is 2.07. The smallest absolute Gasteiger partial charge is 0.309 e. The van der Waals surface area contributed by atoms with Gasteiger partial charge >= 0.3 is 5.97 Å². The number of methoxy groups -OCH3 is 1. The van der Waals surface area contributed by atoms with Crippen LogP contribution in [-0.2, 0) is 33.9 Å². The molecule has 0 saturated carbocycles. The van der Waals surface area contributed by atoms with Crippen LogP contribution in [0.5, 0.6) is 0 Å². The molecule has 2 aromatic carbocycles. The Bertz CT molecular complexity index is 569. The lowest BCUT2D eigenvalue weighted by molar-refractivity contribution is -0.139. The number of carbonyl (C=O) groups excluding carboxylic acids is 1. The summed E-state index contributed by atoms with van der Waals surface area (Å²) in [6, 6.07) is 17.7. The summed E-state index contributed by atoms with van der Waals surface area (Å²) in [5.41, 5.74) is 6.00. The molecular weight excluding hydrogens is 266 g/mol. The summed E-state index contributed by atoms with van der Waals surface area (Å²) in [4.78, 5) is 16.8. The van der Waals surface area contributed by atoms with E-state index in [1.165, 1.54) is 7.11 Å². The van der Waals surface area contributed by atoms with Gasteiger partial charge in [-0.2, -0.15) is 5.48 Å². The molecule has 0 aliphatic rings. The van der Waals surface area contributed by atoms with Crippen LogP contribution in [0.2, 0.25) is 0 Å². The van der Waals surface area contributed by atoms with Gasteiger partial charge in [0, 0.05) is 6.54 Å². The number of ether oxygens (including phenoxy) is 1. The number of hydrogen-bond acceptors (Lipinski definition) is 4.